The molecule has 92 valence electrons. The van der Waals surface area contributed by atoms with E-state index in [0.29, 0.717) is 0 Å². The molecule has 0 saturated heterocycles. The average Bonchev–Trinajstić information content (AvgIpc) is 3.03. The lowest BCUT2D eigenvalue weighted by molar-refractivity contribution is 0.863. The van der Waals surface area contributed by atoms with E-state index in [2.05, 4.69) is 27.5 Å². The molecule has 2 N–H and O–H groups in total. The van der Waals surface area contributed by atoms with Crippen molar-refractivity contribution in [2.75, 3.05) is 0 Å². The van der Waals surface area contributed by atoms with Crippen molar-refractivity contribution in [3.8, 4) is 5.69 Å². The molecule has 0 fully saturated rings. The summed E-state index contributed by atoms with van der Waals surface area (Å²) in [4.78, 5) is 0. The Bertz CT molecular complexity index is 619. The summed E-state index contributed by atoms with van der Waals surface area (Å²) in [7, 11) is 0. The predicted octanol–water partition coefficient (Wildman–Crippen LogP) is 3.25. The normalized spacial score (nSPS) is 9.61. The fourth-order valence-corrected chi connectivity index (χ4v) is 1.54. The maximum Gasteiger partial charge on any atom is 0.119 e. The number of aromatic nitrogens is 4. The fourth-order valence-electron chi connectivity index (χ4n) is 1.41. The third kappa shape index (κ3) is 3.43. The first-order valence-corrected chi connectivity index (χ1v) is 5.96. The lowest BCUT2D eigenvalue weighted by Gasteiger charge is -1.98. The maximum atomic E-state index is 4.66. The molecule has 0 saturated carbocycles. The number of hydrogen-bond donors (Lipinski definition) is 2. The van der Waals surface area contributed by atoms with Crippen LogP contribution in [-0.2, 0) is 0 Å². The summed E-state index contributed by atoms with van der Waals surface area (Å²) in [6.45, 7) is 1.99. The van der Waals surface area contributed by atoms with Crippen molar-refractivity contribution in [1.82, 2.24) is 20.0 Å². The van der Waals surface area contributed by atoms with Gasteiger partial charge >= 0.3 is 0 Å². The minimum Gasteiger partial charge on any atom is -0.307 e. The van der Waals surface area contributed by atoms with Crippen molar-refractivity contribution in [2.45, 2.75) is 6.92 Å². The maximum absolute atomic E-state index is 4.66. The van der Waals surface area contributed by atoms with Gasteiger partial charge in [0.05, 0.1) is 11.4 Å². The quantitative estimate of drug-likeness (QED) is 0.658. The molecule has 3 rings (SSSR count). The van der Waals surface area contributed by atoms with Crippen LogP contribution in [0.2, 0.25) is 0 Å². The minimum absolute atomic E-state index is 0.745. The van der Waals surface area contributed by atoms with Gasteiger partial charge in [-0.1, -0.05) is 30.4 Å². The Kier molecular flexibility index (Phi) is 4.09. The highest BCUT2D eigenvalue weighted by Crippen LogP contribution is 2.05. The van der Waals surface area contributed by atoms with Crippen molar-refractivity contribution in [2.24, 2.45) is 0 Å². The number of aryl methyl sites for hydroxylation is 1. The number of benzene rings is 1. The van der Waals surface area contributed by atoms with E-state index < -0.39 is 0 Å². The number of nitrogens with zero attached hydrogens (tertiary/aromatic N) is 2. The number of rotatable bonds is 1. The molecule has 0 aliphatic heterocycles. The van der Waals surface area contributed by atoms with Gasteiger partial charge in [-0.15, -0.1) is 0 Å². The van der Waals surface area contributed by atoms with Crippen LogP contribution in [0.4, 0.5) is 0 Å². The molecule has 0 bridgehead atoms. The van der Waals surface area contributed by atoms with Crippen molar-refractivity contribution in [1.29, 1.82) is 0 Å². The second kappa shape index (κ2) is 5.97. The monoisotopic (exact) mass is 258 g/mol. The number of aromatic amines is 2. The highest BCUT2D eigenvalue weighted by atomic mass is 32.1. The zero-order valence-electron chi connectivity index (χ0n) is 10.00. The van der Waals surface area contributed by atoms with Crippen molar-refractivity contribution in [3.05, 3.63) is 65.2 Å². The zero-order chi connectivity index (χ0) is 12.8. The Morgan fingerprint density at radius 2 is 1.89 bits per heavy atom. The summed E-state index contributed by atoms with van der Waals surface area (Å²) in [6, 6.07) is 13.9. The lowest BCUT2D eigenvalue weighted by Crippen LogP contribution is -1.93. The highest BCUT2D eigenvalue weighted by Gasteiger charge is 1.94. The summed E-state index contributed by atoms with van der Waals surface area (Å²) in [5, 5.41) is 9.69. The van der Waals surface area contributed by atoms with Gasteiger partial charge in [-0.05, 0) is 31.2 Å². The van der Waals surface area contributed by atoms with Crippen LogP contribution >= 0.6 is 12.2 Å². The van der Waals surface area contributed by atoms with Crippen LogP contribution in [0.3, 0.4) is 0 Å². The van der Waals surface area contributed by atoms with E-state index in [4.69, 9.17) is 0 Å². The van der Waals surface area contributed by atoms with Gasteiger partial charge in [0.2, 0.25) is 0 Å². The fraction of sp³-hybridized carbons (Fsp3) is 0.0769. The zero-order valence-corrected chi connectivity index (χ0v) is 10.8. The number of hydrogen-bond acceptors (Lipinski definition) is 2. The molecule has 0 aliphatic rings. The van der Waals surface area contributed by atoms with Crippen LogP contribution < -0.4 is 0 Å². The first kappa shape index (κ1) is 12.3. The van der Waals surface area contributed by atoms with Crippen molar-refractivity contribution in [3.63, 3.8) is 0 Å². The highest BCUT2D eigenvalue weighted by molar-refractivity contribution is 7.71. The Balaban J connectivity index is 0.000000169. The number of H-pyrrole nitrogens is 2. The average molecular weight is 258 g/mol. The molecule has 2 heterocycles. The molecule has 4 nitrogen and oxygen atoms in total. The molecule has 2 aromatic heterocycles. The van der Waals surface area contributed by atoms with E-state index in [0.717, 1.165) is 16.0 Å². The Morgan fingerprint density at radius 1 is 1.11 bits per heavy atom. The van der Waals surface area contributed by atoms with E-state index in [-0.39, 0.29) is 0 Å². The SMILES string of the molecule is Cc1ccn(-c2ccccc2)n1.S=c1cc[nH][nH]1. The third-order valence-corrected chi connectivity index (χ3v) is 2.49. The van der Waals surface area contributed by atoms with Gasteiger partial charge in [0, 0.05) is 12.4 Å². The van der Waals surface area contributed by atoms with Crippen LogP contribution in [0.5, 0.6) is 0 Å². The molecule has 1 aromatic carbocycles. The number of para-hydroxylation sites is 1. The molecule has 18 heavy (non-hydrogen) atoms. The van der Waals surface area contributed by atoms with Gasteiger partial charge in [-0.3, -0.25) is 5.10 Å². The topological polar surface area (TPSA) is 49.4 Å². The summed E-state index contributed by atoms with van der Waals surface area (Å²) in [6.07, 6.45) is 3.72. The van der Waals surface area contributed by atoms with E-state index >= 15 is 0 Å². The Labute approximate surface area is 110 Å². The second-order valence-corrected chi connectivity index (χ2v) is 4.14. The Hall–Kier alpha value is -2.14. The molecule has 0 atom stereocenters. The third-order valence-electron chi connectivity index (χ3n) is 2.26. The van der Waals surface area contributed by atoms with Crippen LogP contribution in [0.1, 0.15) is 5.69 Å². The van der Waals surface area contributed by atoms with Gasteiger partial charge in [0.1, 0.15) is 4.64 Å². The molecular weight excluding hydrogens is 244 g/mol. The van der Waals surface area contributed by atoms with E-state index in [9.17, 15) is 0 Å². The molecule has 0 unspecified atom stereocenters. The summed E-state index contributed by atoms with van der Waals surface area (Å²) < 4.78 is 2.62. The van der Waals surface area contributed by atoms with Gasteiger partial charge in [-0.2, -0.15) is 5.10 Å². The number of nitrogens with one attached hydrogen (secondary N) is 2. The molecule has 0 radical (unpaired) electrons. The smallest absolute Gasteiger partial charge is 0.119 e. The van der Waals surface area contributed by atoms with E-state index in [1.54, 1.807) is 12.3 Å². The summed E-state index contributed by atoms with van der Waals surface area (Å²) >= 11 is 4.66. The predicted molar refractivity (Wildman–Crippen MR) is 74.3 cm³/mol. The van der Waals surface area contributed by atoms with Gasteiger partial charge in [0.25, 0.3) is 0 Å². The van der Waals surface area contributed by atoms with E-state index in [1.807, 2.05) is 54.2 Å². The first-order chi connectivity index (χ1) is 8.75. The lowest BCUT2D eigenvalue weighted by atomic mass is 10.3. The minimum atomic E-state index is 0.745. The van der Waals surface area contributed by atoms with Crippen molar-refractivity contribution >= 4 is 12.2 Å². The Morgan fingerprint density at radius 3 is 2.33 bits per heavy atom. The first-order valence-electron chi connectivity index (χ1n) is 5.55. The van der Waals surface area contributed by atoms with Crippen LogP contribution in [0.15, 0.2) is 54.9 Å². The largest absolute Gasteiger partial charge is 0.307 e. The molecule has 0 spiro atoms. The molecule has 3 aromatic rings. The molecule has 5 heteroatoms. The van der Waals surface area contributed by atoms with Crippen molar-refractivity contribution < 1.29 is 0 Å². The van der Waals surface area contributed by atoms with Gasteiger partial charge in [0.15, 0.2) is 0 Å². The van der Waals surface area contributed by atoms with Crippen LogP contribution in [-0.4, -0.2) is 20.0 Å². The van der Waals surface area contributed by atoms with Crippen LogP contribution in [0, 0.1) is 11.6 Å². The van der Waals surface area contributed by atoms with Crippen LogP contribution in [0.25, 0.3) is 5.69 Å². The molecule has 0 aliphatic carbocycles. The molecule has 0 amide bonds. The molecular formula is C13H14N4S. The van der Waals surface area contributed by atoms with Gasteiger partial charge in [-0.25, -0.2) is 4.68 Å². The summed E-state index contributed by atoms with van der Waals surface area (Å²) in [5.74, 6) is 0. The summed E-state index contributed by atoms with van der Waals surface area (Å²) in [5.41, 5.74) is 2.14. The van der Waals surface area contributed by atoms with Gasteiger partial charge < -0.3 is 5.10 Å². The van der Waals surface area contributed by atoms with E-state index in [1.165, 1.54) is 0 Å². The standard InChI is InChI=1S/C10H10N2.C3H4N2S/c1-9-7-8-12(11-9)10-5-3-2-4-6-10;6-3-1-2-4-5-3/h2-8H,1H3;1-2H,(H2,4,5,6). The second-order valence-electron chi connectivity index (χ2n) is 3.70.